The summed E-state index contributed by atoms with van der Waals surface area (Å²) in [5.41, 5.74) is 11.5. The van der Waals surface area contributed by atoms with Crippen LogP contribution < -0.4 is 20.6 Å². The number of nitriles is 1. The molecular formula is C25H24N4O4. The number of rotatable bonds is 5. The molecule has 8 nitrogen and oxygen atoms in total. The number of allylic oxidation sites excluding steroid dienone is 3. The molecule has 168 valence electrons. The Kier molecular flexibility index (Phi) is 6.05. The van der Waals surface area contributed by atoms with E-state index in [9.17, 15) is 14.9 Å². The van der Waals surface area contributed by atoms with Gasteiger partial charge in [-0.3, -0.25) is 15.0 Å². The predicted octanol–water partition coefficient (Wildman–Crippen LogP) is 3.15. The van der Waals surface area contributed by atoms with Crippen LogP contribution in [0.2, 0.25) is 0 Å². The highest BCUT2D eigenvalue weighted by Gasteiger charge is 2.41. The van der Waals surface area contributed by atoms with Gasteiger partial charge in [-0.2, -0.15) is 5.26 Å². The third kappa shape index (κ3) is 3.89. The van der Waals surface area contributed by atoms with E-state index in [0.29, 0.717) is 53.2 Å². The molecule has 3 N–H and O–H groups in total. The second-order valence-corrected chi connectivity index (χ2v) is 7.73. The number of Topliss-reactive ketones (excluding diaryl/α,β-unsaturated/α-hetero) is 1. The lowest BCUT2D eigenvalue weighted by molar-refractivity contribution is -0.116. The summed E-state index contributed by atoms with van der Waals surface area (Å²) in [6, 6.07) is 16.1. The standard InChI is InChI=1S/C25H24N4O4/c1-32-16-11-12-17(21(13-16)33-2)22-18(14-26)24(27)29(19-9-6-10-20(30)23(19)22)28-25(31)15-7-4-3-5-8-15/h3-5,7-8,11-13,22H,6,9-10,27H2,1-2H3,(H,28,31). The molecule has 1 aliphatic heterocycles. The van der Waals surface area contributed by atoms with Crippen LogP contribution in [0.4, 0.5) is 0 Å². The molecule has 0 aromatic heterocycles. The molecule has 1 aliphatic carbocycles. The van der Waals surface area contributed by atoms with Crippen LogP contribution in [-0.4, -0.2) is 30.9 Å². The van der Waals surface area contributed by atoms with Crippen LogP contribution in [0.1, 0.15) is 41.1 Å². The monoisotopic (exact) mass is 444 g/mol. The molecule has 2 aromatic carbocycles. The van der Waals surface area contributed by atoms with Crippen LogP contribution in [0.5, 0.6) is 11.5 Å². The van der Waals surface area contributed by atoms with Gasteiger partial charge < -0.3 is 15.2 Å². The SMILES string of the molecule is COc1ccc(C2C(C#N)=C(N)N(NC(=O)c3ccccc3)C3=C2C(=O)CCC3)c(OC)c1. The van der Waals surface area contributed by atoms with E-state index in [2.05, 4.69) is 11.5 Å². The molecule has 0 saturated carbocycles. The summed E-state index contributed by atoms with van der Waals surface area (Å²) >= 11 is 0. The molecular weight excluding hydrogens is 420 g/mol. The number of hydrogen-bond acceptors (Lipinski definition) is 7. The number of ether oxygens (including phenoxy) is 2. The number of hydrazine groups is 1. The molecule has 0 spiro atoms. The van der Waals surface area contributed by atoms with Crippen molar-refractivity contribution < 1.29 is 19.1 Å². The van der Waals surface area contributed by atoms with E-state index in [-0.39, 0.29) is 23.1 Å². The van der Waals surface area contributed by atoms with Gasteiger partial charge in [-0.1, -0.05) is 24.3 Å². The third-order valence-electron chi connectivity index (χ3n) is 5.91. The van der Waals surface area contributed by atoms with Crippen LogP contribution in [0.15, 0.2) is 71.2 Å². The Labute approximate surface area is 191 Å². The lowest BCUT2D eigenvalue weighted by Crippen LogP contribution is -2.48. The minimum atomic E-state index is -0.705. The van der Waals surface area contributed by atoms with Crippen LogP contribution in [0, 0.1) is 11.3 Å². The van der Waals surface area contributed by atoms with Crippen LogP contribution in [0.3, 0.4) is 0 Å². The fourth-order valence-electron chi connectivity index (χ4n) is 4.34. The topological polar surface area (TPSA) is 118 Å². The van der Waals surface area contributed by atoms with E-state index in [1.54, 1.807) is 49.6 Å². The maximum Gasteiger partial charge on any atom is 0.270 e. The van der Waals surface area contributed by atoms with Gasteiger partial charge >= 0.3 is 0 Å². The first-order chi connectivity index (χ1) is 16.0. The van der Waals surface area contributed by atoms with E-state index >= 15 is 0 Å². The van der Waals surface area contributed by atoms with Crippen LogP contribution >= 0.6 is 0 Å². The Morgan fingerprint density at radius 2 is 1.91 bits per heavy atom. The number of nitrogens with one attached hydrogen (secondary N) is 1. The van der Waals surface area contributed by atoms with Crippen LogP contribution in [0.25, 0.3) is 0 Å². The molecule has 33 heavy (non-hydrogen) atoms. The predicted molar refractivity (Wildman–Crippen MR) is 121 cm³/mol. The number of nitrogens with zero attached hydrogens (tertiary/aromatic N) is 2. The molecule has 1 heterocycles. The minimum Gasteiger partial charge on any atom is -0.497 e. The van der Waals surface area contributed by atoms with Crippen molar-refractivity contribution in [1.82, 2.24) is 10.4 Å². The van der Waals surface area contributed by atoms with Crippen molar-refractivity contribution in [2.75, 3.05) is 14.2 Å². The molecule has 1 atom stereocenters. The summed E-state index contributed by atoms with van der Waals surface area (Å²) in [6.45, 7) is 0. The van der Waals surface area contributed by atoms with E-state index in [0.717, 1.165) is 0 Å². The first-order valence-corrected chi connectivity index (χ1v) is 10.5. The lowest BCUT2D eigenvalue weighted by Gasteiger charge is -2.39. The number of benzene rings is 2. The molecule has 0 radical (unpaired) electrons. The normalized spacial score (nSPS) is 17.9. The quantitative estimate of drug-likeness (QED) is 0.727. The third-order valence-corrected chi connectivity index (χ3v) is 5.91. The Bertz CT molecular complexity index is 1210. The van der Waals surface area contributed by atoms with E-state index in [1.807, 2.05) is 6.07 Å². The van der Waals surface area contributed by atoms with Gasteiger partial charge in [0.15, 0.2) is 5.78 Å². The van der Waals surface area contributed by atoms with Gasteiger partial charge in [-0.15, -0.1) is 0 Å². The van der Waals surface area contributed by atoms with Gasteiger partial charge in [0.25, 0.3) is 5.91 Å². The van der Waals surface area contributed by atoms with Crippen molar-refractivity contribution in [2.45, 2.75) is 25.2 Å². The summed E-state index contributed by atoms with van der Waals surface area (Å²) < 4.78 is 10.9. The summed E-state index contributed by atoms with van der Waals surface area (Å²) in [4.78, 5) is 26.0. The molecule has 0 bridgehead atoms. The van der Waals surface area contributed by atoms with E-state index in [4.69, 9.17) is 15.2 Å². The fraction of sp³-hybridized carbons (Fsp3) is 0.240. The number of methoxy groups -OCH3 is 2. The number of carbonyl (C=O) groups excluding carboxylic acids is 2. The Balaban J connectivity index is 1.85. The minimum absolute atomic E-state index is 0.0816. The van der Waals surface area contributed by atoms with Gasteiger partial charge in [-0.05, 0) is 31.0 Å². The molecule has 1 unspecified atom stereocenters. The van der Waals surface area contributed by atoms with Gasteiger partial charge in [0, 0.05) is 34.9 Å². The van der Waals surface area contributed by atoms with Crippen molar-refractivity contribution in [1.29, 1.82) is 5.26 Å². The average Bonchev–Trinajstić information content (AvgIpc) is 2.85. The zero-order valence-corrected chi connectivity index (χ0v) is 18.4. The smallest absolute Gasteiger partial charge is 0.270 e. The maximum absolute atomic E-state index is 13.2. The molecule has 8 heteroatoms. The molecule has 0 fully saturated rings. The van der Waals surface area contributed by atoms with Crippen molar-refractivity contribution in [3.63, 3.8) is 0 Å². The van der Waals surface area contributed by atoms with Crippen molar-refractivity contribution in [3.05, 3.63) is 82.3 Å². The highest BCUT2D eigenvalue weighted by atomic mass is 16.5. The van der Waals surface area contributed by atoms with E-state index < -0.39 is 5.92 Å². The number of amides is 1. The van der Waals surface area contributed by atoms with E-state index in [1.165, 1.54) is 12.1 Å². The Morgan fingerprint density at radius 3 is 2.58 bits per heavy atom. The summed E-state index contributed by atoms with van der Waals surface area (Å²) in [6.07, 6.45) is 1.51. The molecule has 1 amide bonds. The first-order valence-electron chi connectivity index (χ1n) is 10.5. The summed E-state index contributed by atoms with van der Waals surface area (Å²) in [5.74, 6) is -0.0316. The second-order valence-electron chi connectivity index (χ2n) is 7.73. The van der Waals surface area contributed by atoms with Gasteiger partial charge in [-0.25, -0.2) is 5.01 Å². The largest absolute Gasteiger partial charge is 0.497 e. The molecule has 4 rings (SSSR count). The van der Waals surface area contributed by atoms with Crippen molar-refractivity contribution in [2.24, 2.45) is 5.73 Å². The second kappa shape index (κ2) is 9.09. The van der Waals surface area contributed by atoms with Gasteiger partial charge in [0.05, 0.1) is 31.8 Å². The zero-order chi connectivity index (χ0) is 23.5. The molecule has 2 aromatic rings. The number of ketones is 1. The number of carbonyl (C=O) groups is 2. The lowest BCUT2D eigenvalue weighted by atomic mass is 9.75. The first kappa shape index (κ1) is 22.0. The highest BCUT2D eigenvalue weighted by molar-refractivity contribution is 6.00. The average molecular weight is 444 g/mol. The van der Waals surface area contributed by atoms with Crippen molar-refractivity contribution >= 4 is 11.7 Å². The summed E-state index contributed by atoms with van der Waals surface area (Å²) in [5, 5.41) is 11.5. The highest BCUT2D eigenvalue weighted by Crippen LogP contribution is 2.47. The van der Waals surface area contributed by atoms with Crippen molar-refractivity contribution in [3.8, 4) is 17.6 Å². The number of hydrogen-bond donors (Lipinski definition) is 2. The Morgan fingerprint density at radius 1 is 1.15 bits per heavy atom. The van der Waals surface area contributed by atoms with Gasteiger partial charge in [0.1, 0.15) is 17.3 Å². The maximum atomic E-state index is 13.2. The molecule has 2 aliphatic rings. The fourth-order valence-corrected chi connectivity index (χ4v) is 4.34. The molecule has 0 saturated heterocycles. The number of nitrogens with two attached hydrogens (primary N) is 1. The zero-order valence-electron chi connectivity index (χ0n) is 18.4. The van der Waals surface area contributed by atoms with Crippen LogP contribution in [-0.2, 0) is 4.79 Å². The van der Waals surface area contributed by atoms with Gasteiger partial charge in [0.2, 0.25) is 0 Å². The summed E-state index contributed by atoms with van der Waals surface area (Å²) in [7, 11) is 3.07. The Hall–Kier alpha value is -4.25.